The summed E-state index contributed by atoms with van der Waals surface area (Å²) in [6, 6.07) is 2.38. The summed E-state index contributed by atoms with van der Waals surface area (Å²) in [5.74, 6) is 0.957. The second-order valence-corrected chi connectivity index (χ2v) is 6.34. The van der Waals surface area contributed by atoms with Gasteiger partial charge in [0.1, 0.15) is 5.82 Å². The van der Waals surface area contributed by atoms with Gasteiger partial charge in [-0.1, -0.05) is 25.7 Å². The van der Waals surface area contributed by atoms with Gasteiger partial charge in [-0.15, -0.1) is 0 Å². The first-order valence-corrected chi connectivity index (χ1v) is 8.38. The molecule has 1 N–H and O–H groups in total. The lowest BCUT2D eigenvalue weighted by Crippen LogP contribution is -2.34. The van der Waals surface area contributed by atoms with Crippen LogP contribution in [-0.2, 0) is 4.79 Å². The fraction of sp³-hybridized carbons (Fsp3) is 0.750. The summed E-state index contributed by atoms with van der Waals surface area (Å²) in [6.45, 7) is 2.61. The van der Waals surface area contributed by atoms with Crippen molar-refractivity contribution in [3.63, 3.8) is 0 Å². The first-order valence-electron chi connectivity index (χ1n) is 8.38. The Morgan fingerprint density at radius 2 is 1.86 bits per heavy atom. The molecule has 0 unspecified atom stereocenters. The molecule has 5 nitrogen and oxygen atoms in total. The van der Waals surface area contributed by atoms with Crippen molar-refractivity contribution in [1.29, 1.82) is 0 Å². The zero-order chi connectivity index (χ0) is 14.5. The molecule has 2 fully saturated rings. The molecule has 5 heteroatoms. The van der Waals surface area contributed by atoms with Crippen molar-refractivity contribution < 1.29 is 4.79 Å². The Bertz CT molecular complexity index is 457. The van der Waals surface area contributed by atoms with Crippen molar-refractivity contribution >= 4 is 11.7 Å². The van der Waals surface area contributed by atoms with Crippen LogP contribution in [0.5, 0.6) is 0 Å². The van der Waals surface area contributed by atoms with E-state index in [0.29, 0.717) is 12.6 Å². The van der Waals surface area contributed by atoms with E-state index in [0.717, 1.165) is 18.9 Å². The van der Waals surface area contributed by atoms with Gasteiger partial charge < -0.3 is 5.32 Å². The molecule has 0 radical (unpaired) electrons. The molecule has 0 spiro atoms. The summed E-state index contributed by atoms with van der Waals surface area (Å²) < 4.78 is 2.01. The maximum absolute atomic E-state index is 12.3. The van der Waals surface area contributed by atoms with Crippen molar-refractivity contribution in [3.8, 4) is 0 Å². The molecule has 2 aliphatic rings. The average Bonchev–Trinajstić information content (AvgIpc) is 3.07. The van der Waals surface area contributed by atoms with Gasteiger partial charge in [0.25, 0.3) is 0 Å². The molecule has 1 aliphatic heterocycles. The minimum Gasteiger partial charge on any atom is -0.310 e. The Morgan fingerprint density at radius 1 is 1.14 bits per heavy atom. The van der Waals surface area contributed by atoms with Gasteiger partial charge in [0.05, 0.1) is 18.8 Å². The van der Waals surface area contributed by atoms with Gasteiger partial charge in [-0.25, -0.2) is 4.68 Å². The van der Waals surface area contributed by atoms with Crippen molar-refractivity contribution in [1.82, 2.24) is 14.7 Å². The van der Waals surface area contributed by atoms with Crippen LogP contribution >= 0.6 is 0 Å². The molecule has 1 aromatic rings. The van der Waals surface area contributed by atoms with Gasteiger partial charge in [0.15, 0.2) is 0 Å². The van der Waals surface area contributed by atoms with E-state index in [1.54, 1.807) is 6.20 Å². The largest absolute Gasteiger partial charge is 0.310 e. The highest BCUT2D eigenvalue weighted by molar-refractivity contribution is 5.91. The van der Waals surface area contributed by atoms with E-state index in [9.17, 15) is 4.79 Å². The summed E-state index contributed by atoms with van der Waals surface area (Å²) in [5, 5.41) is 7.46. The van der Waals surface area contributed by atoms with E-state index in [2.05, 4.69) is 15.3 Å². The molecular formula is C16H26N4O. The lowest BCUT2D eigenvalue weighted by atomic mass is 10.2. The number of hydrogen-bond donors (Lipinski definition) is 1. The van der Waals surface area contributed by atoms with Crippen LogP contribution < -0.4 is 5.32 Å². The second-order valence-electron chi connectivity index (χ2n) is 6.34. The molecule has 21 heavy (non-hydrogen) atoms. The number of aromatic nitrogens is 2. The number of nitrogens with zero attached hydrogens (tertiary/aromatic N) is 3. The predicted octanol–water partition coefficient (Wildman–Crippen LogP) is 2.81. The molecule has 2 heterocycles. The third-order valence-electron chi connectivity index (χ3n) is 4.67. The smallest absolute Gasteiger partial charge is 0.239 e. The van der Waals surface area contributed by atoms with Crippen molar-refractivity contribution in [2.75, 3.05) is 25.0 Å². The predicted molar refractivity (Wildman–Crippen MR) is 83.3 cm³/mol. The average molecular weight is 290 g/mol. The van der Waals surface area contributed by atoms with Crippen molar-refractivity contribution in [2.45, 2.75) is 57.4 Å². The molecular weight excluding hydrogens is 264 g/mol. The number of carbonyl (C=O) groups is 1. The molecule has 1 saturated heterocycles. The minimum atomic E-state index is 0.0941. The lowest BCUT2D eigenvalue weighted by molar-refractivity contribution is -0.117. The van der Waals surface area contributed by atoms with Crippen LogP contribution in [0, 0.1) is 0 Å². The lowest BCUT2D eigenvalue weighted by Gasteiger charge is -2.20. The number of rotatable bonds is 4. The fourth-order valence-corrected chi connectivity index (χ4v) is 3.53. The quantitative estimate of drug-likeness (QED) is 0.927. The maximum Gasteiger partial charge on any atom is 0.239 e. The molecule has 3 rings (SSSR count). The number of nitrogens with one attached hydrogen (secondary N) is 1. The Kier molecular flexibility index (Phi) is 4.91. The number of likely N-dealkylation sites (tertiary alicyclic amines) is 1. The molecule has 0 aromatic carbocycles. The van der Waals surface area contributed by atoms with Crippen LogP contribution in [0.1, 0.15) is 57.4 Å². The first kappa shape index (κ1) is 14.6. The van der Waals surface area contributed by atoms with Gasteiger partial charge >= 0.3 is 0 Å². The maximum atomic E-state index is 12.3. The van der Waals surface area contributed by atoms with E-state index < -0.39 is 0 Å². The fourth-order valence-electron chi connectivity index (χ4n) is 3.53. The number of carbonyl (C=O) groups excluding carboxylic acids is 1. The first-order chi connectivity index (χ1) is 10.3. The van der Waals surface area contributed by atoms with Crippen LogP contribution in [0.3, 0.4) is 0 Å². The Balaban J connectivity index is 1.55. The van der Waals surface area contributed by atoms with Gasteiger partial charge in [0.2, 0.25) is 5.91 Å². The van der Waals surface area contributed by atoms with E-state index in [-0.39, 0.29) is 5.91 Å². The highest BCUT2D eigenvalue weighted by atomic mass is 16.2. The van der Waals surface area contributed by atoms with Gasteiger partial charge in [-0.2, -0.15) is 5.10 Å². The SMILES string of the molecule is O=C(CN1CCCCCC1)Nc1ccnn1C1CCCC1. The zero-order valence-electron chi connectivity index (χ0n) is 12.8. The van der Waals surface area contributed by atoms with Crippen molar-refractivity contribution in [3.05, 3.63) is 12.3 Å². The highest BCUT2D eigenvalue weighted by Gasteiger charge is 2.21. The summed E-state index contributed by atoms with van der Waals surface area (Å²) >= 11 is 0. The van der Waals surface area contributed by atoms with E-state index >= 15 is 0 Å². The third kappa shape index (κ3) is 3.84. The Labute approximate surface area is 126 Å². The normalized spacial score (nSPS) is 21.3. The Morgan fingerprint density at radius 3 is 2.57 bits per heavy atom. The number of anilines is 1. The molecule has 1 amide bonds. The van der Waals surface area contributed by atoms with Crippen molar-refractivity contribution in [2.24, 2.45) is 0 Å². The van der Waals surface area contributed by atoms with E-state index in [1.165, 1.54) is 51.4 Å². The zero-order valence-corrected chi connectivity index (χ0v) is 12.8. The molecule has 1 aliphatic carbocycles. The number of hydrogen-bond acceptors (Lipinski definition) is 3. The monoisotopic (exact) mass is 290 g/mol. The third-order valence-corrected chi connectivity index (χ3v) is 4.67. The highest BCUT2D eigenvalue weighted by Crippen LogP contribution is 2.31. The summed E-state index contributed by atoms with van der Waals surface area (Å²) in [5.41, 5.74) is 0. The molecule has 0 bridgehead atoms. The van der Waals surface area contributed by atoms with Crippen LogP contribution in [0.25, 0.3) is 0 Å². The van der Waals surface area contributed by atoms with E-state index in [1.807, 2.05) is 10.7 Å². The topological polar surface area (TPSA) is 50.2 Å². The van der Waals surface area contributed by atoms with Gasteiger partial charge in [0, 0.05) is 6.07 Å². The van der Waals surface area contributed by atoms with Crippen LogP contribution in [-0.4, -0.2) is 40.2 Å². The van der Waals surface area contributed by atoms with Gasteiger partial charge in [-0.3, -0.25) is 9.69 Å². The summed E-state index contributed by atoms with van der Waals surface area (Å²) in [6.07, 6.45) is 11.7. The summed E-state index contributed by atoms with van der Waals surface area (Å²) in [7, 11) is 0. The second kappa shape index (κ2) is 7.07. The molecule has 116 valence electrons. The number of amides is 1. The standard InChI is InChI=1S/C16H26N4O/c21-16(13-19-11-5-1-2-6-12-19)18-15-9-10-17-20(15)14-7-3-4-8-14/h9-10,14H,1-8,11-13H2,(H,18,21). The van der Waals surface area contributed by atoms with Crippen LogP contribution in [0.2, 0.25) is 0 Å². The van der Waals surface area contributed by atoms with Crippen LogP contribution in [0.15, 0.2) is 12.3 Å². The molecule has 1 saturated carbocycles. The molecule has 1 aromatic heterocycles. The minimum absolute atomic E-state index is 0.0941. The Hall–Kier alpha value is -1.36. The van der Waals surface area contributed by atoms with Gasteiger partial charge in [-0.05, 0) is 38.8 Å². The molecule has 0 atom stereocenters. The van der Waals surface area contributed by atoms with E-state index in [4.69, 9.17) is 0 Å². The van der Waals surface area contributed by atoms with Crippen LogP contribution in [0.4, 0.5) is 5.82 Å². The summed E-state index contributed by atoms with van der Waals surface area (Å²) in [4.78, 5) is 14.5.